The summed E-state index contributed by atoms with van der Waals surface area (Å²) in [6.45, 7) is 7.93. The summed E-state index contributed by atoms with van der Waals surface area (Å²) in [5.74, 6) is -0.441. The van der Waals surface area contributed by atoms with Gasteiger partial charge in [0.15, 0.2) is 0 Å². The van der Waals surface area contributed by atoms with Crippen molar-refractivity contribution in [2.24, 2.45) is 0 Å². The Bertz CT molecular complexity index is 1700. The van der Waals surface area contributed by atoms with Gasteiger partial charge in [0.1, 0.15) is 12.6 Å². The van der Waals surface area contributed by atoms with Gasteiger partial charge in [-0.25, -0.2) is 9.78 Å². The van der Waals surface area contributed by atoms with Crippen molar-refractivity contribution in [3.63, 3.8) is 0 Å². The Kier molecular flexibility index (Phi) is 8.77. The van der Waals surface area contributed by atoms with E-state index in [1.165, 1.54) is 0 Å². The van der Waals surface area contributed by atoms with E-state index < -0.39 is 14.0 Å². The second-order valence-corrected chi connectivity index (χ2v) is 17.8. The Labute approximate surface area is 252 Å². The molecule has 2 aromatic heterocycles. The largest absolute Gasteiger partial charge is 0.478 e. The number of carbonyl (C=O) groups is 1. The molecule has 0 saturated carbocycles. The van der Waals surface area contributed by atoms with Crippen molar-refractivity contribution in [2.75, 3.05) is 12.3 Å². The van der Waals surface area contributed by atoms with Crippen LogP contribution in [0.15, 0.2) is 85.1 Å². The molecular weight excluding hydrogens is 564 g/mol. The molecule has 0 saturated heterocycles. The summed E-state index contributed by atoms with van der Waals surface area (Å²) in [6, 6.07) is 25.7. The summed E-state index contributed by atoms with van der Waals surface area (Å²) >= 11 is 6.25. The van der Waals surface area contributed by atoms with E-state index in [1.54, 1.807) is 24.3 Å². The predicted molar refractivity (Wildman–Crippen MR) is 172 cm³/mol. The first-order valence-electron chi connectivity index (χ1n) is 14.0. The monoisotopic (exact) mass is 598 g/mol. The van der Waals surface area contributed by atoms with Gasteiger partial charge in [-0.3, -0.25) is 4.98 Å². The average Bonchev–Trinajstić information content (AvgIpc) is 3.33. The predicted octanol–water partition coefficient (Wildman–Crippen LogP) is 7.72. The minimum Gasteiger partial charge on any atom is -0.478 e. The van der Waals surface area contributed by atoms with Crippen molar-refractivity contribution in [1.29, 1.82) is 0 Å². The molecule has 1 atom stereocenters. The quantitative estimate of drug-likeness (QED) is 0.0916. The number of aromatic nitrogens is 3. The molecule has 0 aliphatic heterocycles. The molecule has 3 aromatic carbocycles. The highest BCUT2D eigenvalue weighted by Crippen LogP contribution is 2.33. The van der Waals surface area contributed by atoms with E-state index in [9.17, 15) is 9.90 Å². The number of benzene rings is 3. The van der Waals surface area contributed by atoms with E-state index in [0.717, 1.165) is 39.8 Å². The first kappa shape index (κ1) is 29.5. The number of nitrogens with zero attached hydrogens (tertiary/aromatic N) is 3. The van der Waals surface area contributed by atoms with E-state index in [2.05, 4.69) is 36.3 Å². The van der Waals surface area contributed by atoms with Crippen molar-refractivity contribution in [3.05, 3.63) is 113 Å². The molecule has 3 N–H and O–H groups in total. The summed E-state index contributed by atoms with van der Waals surface area (Å²) in [5.41, 5.74) is 12.2. The molecule has 5 aromatic rings. The zero-order valence-electron chi connectivity index (χ0n) is 24.0. The van der Waals surface area contributed by atoms with E-state index in [4.69, 9.17) is 32.0 Å². The standard InChI is InChI=1S/C33H35ClN4O3Si/c1-42(2,3)16-15-41-21-38-31-14-10-23(33(39)40)18-30(31)37-32(38)27(17-22-7-5-4-6-8-22)29-13-9-24(20-36-29)26-19-25(34)11-12-28(26)35/h4-14,18-20,27H,15-17,21,35H2,1-3H3,(H,39,40). The van der Waals surface area contributed by atoms with Crippen molar-refractivity contribution in [3.8, 4) is 11.1 Å². The third-order valence-electron chi connectivity index (χ3n) is 7.31. The molecule has 5 rings (SSSR count). The highest BCUT2D eigenvalue weighted by Gasteiger charge is 2.25. The number of ether oxygens (including phenoxy) is 1. The van der Waals surface area contributed by atoms with Crippen LogP contribution >= 0.6 is 11.6 Å². The lowest BCUT2D eigenvalue weighted by Crippen LogP contribution is -2.22. The van der Waals surface area contributed by atoms with Gasteiger partial charge in [0.2, 0.25) is 0 Å². The van der Waals surface area contributed by atoms with Crippen LogP contribution in [0.4, 0.5) is 5.69 Å². The molecule has 0 aliphatic carbocycles. The van der Waals surface area contributed by atoms with Crippen LogP contribution in [0.5, 0.6) is 0 Å². The van der Waals surface area contributed by atoms with Gasteiger partial charge in [0.05, 0.1) is 28.2 Å². The second-order valence-electron chi connectivity index (χ2n) is 11.7. The number of halogens is 1. The molecule has 7 nitrogen and oxygen atoms in total. The number of carboxylic acid groups (broad SMARTS) is 1. The molecule has 0 aliphatic rings. The van der Waals surface area contributed by atoms with Gasteiger partial charge in [-0.15, -0.1) is 0 Å². The smallest absolute Gasteiger partial charge is 0.335 e. The Morgan fingerprint density at radius 1 is 1.05 bits per heavy atom. The van der Waals surface area contributed by atoms with Crippen LogP contribution in [-0.4, -0.2) is 40.3 Å². The first-order valence-corrected chi connectivity index (χ1v) is 18.0. The topological polar surface area (TPSA) is 103 Å². The zero-order chi connectivity index (χ0) is 29.9. The van der Waals surface area contributed by atoms with E-state index in [1.807, 2.05) is 48.7 Å². The number of pyridine rings is 1. The third kappa shape index (κ3) is 6.90. The van der Waals surface area contributed by atoms with Crippen LogP contribution in [0.1, 0.15) is 33.4 Å². The number of carboxylic acids is 1. The van der Waals surface area contributed by atoms with Crippen LogP contribution in [0.3, 0.4) is 0 Å². The Morgan fingerprint density at radius 3 is 2.52 bits per heavy atom. The minimum absolute atomic E-state index is 0.194. The van der Waals surface area contributed by atoms with Gasteiger partial charge in [-0.2, -0.15) is 0 Å². The van der Waals surface area contributed by atoms with Crippen LogP contribution in [0, 0.1) is 0 Å². The van der Waals surface area contributed by atoms with E-state index >= 15 is 0 Å². The average molecular weight is 599 g/mol. The number of nitrogens with two attached hydrogens (primary N) is 1. The van der Waals surface area contributed by atoms with E-state index in [0.29, 0.717) is 36.0 Å². The maximum atomic E-state index is 11.7. The summed E-state index contributed by atoms with van der Waals surface area (Å²) < 4.78 is 8.27. The zero-order valence-corrected chi connectivity index (χ0v) is 25.8. The Balaban J connectivity index is 1.59. The number of anilines is 1. The molecule has 0 amide bonds. The number of imidazole rings is 1. The number of hydrogen-bond acceptors (Lipinski definition) is 5. The number of rotatable bonds is 11. The molecule has 1 unspecified atom stereocenters. The lowest BCUT2D eigenvalue weighted by Gasteiger charge is -2.20. The van der Waals surface area contributed by atoms with Crippen molar-refractivity contribution >= 4 is 42.4 Å². The van der Waals surface area contributed by atoms with Gasteiger partial charge >= 0.3 is 5.97 Å². The first-order chi connectivity index (χ1) is 20.1. The van der Waals surface area contributed by atoms with Gasteiger partial charge in [-0.05, 0) is 60.5 Å². The molecule has 2 heterocycles. The third-order valence-corrected chi connectivity index (χ3v) is 9.24. The second kappa shape index (κ2) is 12.5. The molecule has 42 heavy (non-hydrogen) atoms. The van der Waals surface area contributed by atoms with Gasteiger partial charge in [-0.1, -0.05) is 67.6 Å². The highest BCUT2D eigenvalue weighted by atomic mass is 35.5. The fourth-order valence-corrected chi connectivity index (χ4v) is 5.87. The van der Waals surface area contributed by atoms with Crippen LogP contribution in [0.25, 0.3) is 22.2 Å². The number of aromatic carboxylic acids is 1. The Morgan fingerprint density at radius 2 is 1.83 bits per heavy atom. The lowest BCUT2D eigenvalue weighted by molar-refractivity contribution is 0.0697. The lowest BCUT2D eigenvalue weighted by atomic mass is 9.94. The van der Waals surface area contributed by atoms with Gasteiger partial charge < -0.3 is 20.1 Å². The van der Waals surface area contributed by atoms with Crippen molar-refractivity contribution in [1.82, 2.24) is 14.5 Å². The molecule has 0 spiro atoms. The number of nitrogen functional groups attached to an aromatic ring is 1. The number of hydrogen-bond donors (Lipinski definition) is 2. The van der Waals surface area contributed by atoms with Crippen LogP contribution in [-0.2, 0) is 17.9 Å². The summed E-state index contributed by atoms with van der Waals surface area (Å²) in [6.07, 6.45) is 2.46. The molecule has 9 heteroatoms. The fraction of sp³-hybridized carbons (Fsp3) is 0.242. The van der Waals surface area contributed by atoms with Crippen molar-refractivity contribution in [2.45, 2.75) is 44.8 Å². The molecule has 0 bridgehead atoms. The Hall–Kier alpha value is -3.98. The minimum atomic E-state index is -1.28. The summed E-state index contributed by atoms with van der Waals surface area (Å²) in [7, 11) is -1.28. The van der Waals surface area contributed by atoms with Crippen LogP contribution in [0.2, 0.25) is 30.7 Å². The maximum absolute atomic E-state index is 11.7. The molecular formula is C33H35ClN4O3Si. The van der Waals surface area contributed by atoms with Gasteiger partial charge in [0, 0.05) is 42.7 Å². The fourth-order valence-electron chi connectivity index (χ4n) is 4.94. The maximum Gasteiger partial charge on any atom is 0.335 e. The SMILES string of the molecule is C[Si](C)(C)CCOCn1c(C(Cc2ccccc2)c2ccc(-c3cc(Cl)ccc3N)cn2)nc2cc(C(=O)O)ccc21. The summed E-state index contributed by atoms with van der Waals surface area (Å²) in [4.78, 5) is 21.7. The summed E-state index contributed by atoms with van der Waals surface area (Å²) in [5, 5.41) is 10.2. The molecule has 216 valence electrons. The molecule has 0 radical (unpaired) electrons. The highest BCUT2D eigenvalue weighted by molar-refractivity contribution is 6.76. The number of fused-ring (bicyclic) bond motifs is 1. The molecule has 0 fully saturated rings. The van der Waals surface area contributed by atoms with E-state index in [-0.39, 0.29) is 11.5 Å². The van der Waals surface area contributed by atoms with Crippen molar-refractivity contribution < 1.29 is 14.6 Å². The van der Waals surface area contributed by atoms with Crippen LogP contribution < -0.4 is 5.73 Å². The van der Waals surface area contributed by atoms with Gasteiger partial charge in [0.25, 0.3) is 0 Å². The normalized spacial score (nSPS) is 12.5.